The highest BCUT2D eigenvalue weighted by atomic mass is 36.0. The fourth-order valence-corrected chi connectivity index (χ4v) is 1.60. The second-order valence-corrected chi connectivity index (χ2v) is 7.52. The lowest BCUT2D eigenvalue weighted by Gasteiger charge is -2.07. The topological polar surface area (TPSA) is 34.1 Å². The van der Waals surface area contributed by atoms with Crippen molar-refractivity contribution >= 4 is 29.6 Å². The standard InChI is InChI=1S/C12H18.Cl2O2S/c1-4-5-9-12-10(2)7-6-8-11(12)3;1-5(2,3)4/h6-8H,4-5,9H2,1-3H3;. The van der Waals surface area contributed by atoms with Gasteiger partial charge in [-0.2, -0.15) is 8.42 Å². The molecule has 0 atom stereocenters. The van der Waals surface area contributed by atoms with Gasteiger partial charge in [-0.1, -0.05) is 31.5 Å². The van der Waals surface area contributed by atoms with Crippen LogP contribution in [0.15, 0.2) is 18.2 Å². The first-order valence-corrected chi connectivity index (χ1v) is 8.58. The normalized spacial score (nSPS) is 10.6. The van der Waals surface area contributed by atoms with Crippen molar-refractivity contribution in [1.82, 2.24) is 0 Å². The van der Waals surface area contributed by atoms with Gasteiger partial charge in [-0.3, -0.25) is 0 Å². The Morgan fingerprint density at radius 1 is 1.12 bits per heavy atom. The Labute approximate surface area is 113 Å². The van der Waals surface area contributed by atoms with E-state index in [1.165, 1.54) is 30.4 Å². The minimum atomic E-state index is -3.72. The Balaban J connectivity index is 0.000000437. The number of halogens is 2. The molecular weight excluding hydrogens is 279 g/mol. The molecule has 0 aliphatic heterocycles. The molecule has 1 rings (SSSR count). The molecule has 0 unspecified atom stereocenters. The second kappa shape index (κ2) is 7.96. The number of hydrogen-bond acceptors (Lipinski definition) is 2. The number of unbranched alkanes of at least 4 members (excludes halogenated alkanes) is 1. The fourth-order valence-electron chi connectivity index (χ4n) is 1.60. The highest BCUT2D eigenvalue weighted by Gasteiger charge is 1.99. The van der Waals surface area contributed by atoms with Gasteiger partial charge in [0, 0.05) is 21.4 Å². The van der Waals surface area contributed by atoms with Crippen LogP contribution in [-0.2, 0) is 14.7 Å². The average molecular weight is 297 g/mol. The first-order chi connectivity index (χ1) is 7.75. The molecule has 0 fully saturated rings. The lowest BCUT2D eigenvalue weighted by molar-refractivity contribution is 0.621. The minimum Gasteiger partial charge on any atom is -0.195 e. The van der Waals surface area contributed by atoms with E-state index >= 15 is 0 Å². The Hall–Kier alpha value is -0.250. The number of hydrogen-bond donors (Lipinski definition) is 0. The van der Waals surface area contributed by atoms with Crippen molar-refractivity contribution in [2.24, 2.45) is 0 Å². The summed E-state index contributed by atoms with van der Waals surface area (Å²) in [5.41, 5.74) is 4.45. The van der Waals surface area contributed by atoms with E-state index in [1.807, 2.05) is 0 Å². The Bertz CT molecular complexity index is 414. The second-order valence-electron chi connectivity index (χ2n) is 3.85. The molecule has 0 saturated heterocycles. The zero-order valence-electron chi connectivity index (χ0n) is 10.3. The predicted octanol–water partition coefficient (Wildman–Crippen LogP) is 4.35. The lowest BCUT2D eigenvalue weighted by Crippen LogP contribution is -1.92. The first kappa shape index (κ1) is 16.8. The van der Waals surface area contributed by atoms with Crippen molar-refractivity contribution in [3.63, 3.8) is 0 Å². The summed E-state index contributed by atoms with van der Waals surface area (Å²) < 4.78 is 18.3. The van der Waals surface area contributed by atoms with E-state index < -0.39 is 8.26 Å². The Kier molecular flexibility index (Phi) is 7.84. The van der Waals surface area contributed by atoms with Gasteiger partial charge in [0.05, 0.1) is 0 Å². The molecule has 0 heterocycles. The predicted molar refractivity (Wildman–Crippen MR) is 75.2 cm³/mol. The minimum absolute atomic E-state index is 1.25. The Morgan fingerprint density at radius 2 is 1.53 bits per heavy atom. The summed E-state index contributed by atoms with van der Waals surface area (Å²) in [4.78, 5) is 0. The van der Waals surface area contributed by atoms with Crippen LogP contribution in [-0.4, -0.2) is 8.42 Å². The lowest BCUT2D eigenvalue weighted by atomic mass is 9.98. The van der Waals surface area contributed by atoms with Crippen molar-refractivity contribution in [1.29, 1.82) is 0 Å². The quantitative estimate of drug-likeness (QED) is 0.777. The summed E-state index contributed by atoms with van der Waals surface area (Å²) in [5.74, 6) is 0. The molecule has 17 heavy (non-hydrogen) atoms. The summed E-state index contributed by atoms with van der Waals surface area (Å²) in [6, 6.07) is 6.55. The monoisotopic (exact) mass is 296 g/mol. The van der Waals surface area contributed by atoms with Gasteiger partial charge in [0.15, 0.2) is 0 Å². The highest BCUT2D eigenvalue weighted by Crippen LogP contribution is 2.15. The van der Waals surface area contributed by atoms with Gasteiger partial charge in [-0.05, 0) is 43.4 Å². The van der Waals surface area contributed by atoms with Crippen molar-refractivity contribution in [3.8, 4) is 0 Å². The number of aryl methyl sites for hydroxylation is 2. The van der Waals surface area contributed by atoms with Crippen LogP contribution >= 0.6 is 21.4 Å². The summed E-state index contributed by atoms with van der Waals surface area (Å²) in [6.45, 7) is 6.66. The Morgan fingerprint density at radius 3 is 1.88 bits per heavy atom. The van der Waals surface area contributed by atoms with Crippen LogP contribution in [0.4, 0.5) is 0 Å². The van der Waals surface area contributed by atoms with E-state index in [4.69, 9.17) is 8.42 Å². The fraction of sp³-hybridized carbons (Fsp3) is 0.500. The highest BCUT2D eigenvalue weighted by molar-refractivity contribution is 8.31. The third kappa shape index (κ3) is 9.45. The average Bonchev–Trinajstić information content (AvgIpc) is 2.14. The third-order valence-electron chi connectivity index (χ3n) is 2.42. The van der Waals surface area contributed by atoms with Crippen LogP contribution in [0, 0.1) is 13.8 Å². The maximum absolute atomic E-state index is 9.16. The van der Waals surface area contributed by atoms with Gasteiger partial charge < -0.3 is 0 Å². The molecule has 0 aliphatic carbocycles. The molecule has 5 heteroatoms. The number of benzene rings is 1. The SMILES string of the molecule is CCCCc1c(C)cccc1C.O=S(=O)(Cl)Cl. The molecule has 0 N–H and O–H groups in total. The molecule has 0 aromatic heterocycles. The van der Waals surface area contributed by atoms with E-state index in [0.717, 1.165) is 0 Å². The summed E-state index contributed by atoms with van der Waals surface area (Å²) >= 11 is 0. The number of rotatable bonds is 3. The molecule has 2 nitrogen and oxygen atoms in total. The maximum atomic E-state index is 9.16. The molecule has 1 aromatic carbocycles. The molecule has 0 radical (unpaired) electrons. The van der Waals surface area contributed by atoms with Gasteiger partial charge in [0.25, 0.3) is 0 Å². The summed E-state index contributed by atoms with van der Waals surface area (Å²) in [7, 11) is 4.81. The zero-order valence-corrected chi connectivity index (χ0v) is 12.7. The van der Waals surface area contributed by atoms with Crippen LogP contribution in [0.3, 0.4) is 0 Å². The zero-order chi connectivity index (χ0) is 13.5. The van der Waals surface area contributed by atoms with Gasteiger partial charge in [0.2, 0.25) is 0 Å². The largest absolute Gasteiger partial charge is 0.317 e. The van der Waals surface area contributed by atoms with Crippen molar-refractivity contribution < 1.29 is 8.42 Å². The van der Waals surface area contributed by atoms with Crippen molar-refractivity contribution in [2.75, 3.05) is 0 Å². The summed E-state index contributed by atoms with van der Waals surface area (Å²) in [6.07, 6.45) is 3.84. The third-order valence-corrected chi connectivity index (χ3v) is 2.42. The molecule has 0 aliphatic rings. The molecule has 1 aromatic rings. The summed E-state index contributed by atoms with van der Waals surface area (Å²) in [5, 5.41) is 0. The van der Waals surface area contributed by atoms with Crippen LogP contribution in [0.2, 0.25) is 0 Å². The van der Waals surface area contributed by atoms with Crippen LogP contribution < -0.4 is 0 Å². The van der Waals surface area contributed by atoms with Gasteiger partial charge in [-0.15, -0.1) is 0 Å². The molecule has 0 amide bonds. The van der Waals surface area contributed by atoms with Crippen molar-refractivity contribution in [2.45, 2.75) is 40.0 Å². The van der Waals surface area contributed by atoms with E-state index in [-0.39, 0.29) is 0 Å². The molecule has 0 bridgehead atoms. The maximum Gasteiger partial charge on any atom is 0.317 e. The van der Waals surface area contributed by atoms with E-state index in [0.29, 0.717) is 0 Å². The van der Waals surface area contributed by atoms with E-state index in [1.54, 1.807) is 5.56 Å². The van der Waals surface area contributed by atoms with Gasteiger partial charge >= 0.3 is 8.26 Å². The van der Waals surface area contributed by atoms with Crippen LogP contribution in [0.25, 0.3) is 0 Å². The first-order valence-electron chi connectivity index (χ1n) is 5.45. The molecule has 0 saturated carbocycles. The van der Waals surface area contributed by atoms with Crippen molar-refractivity contribution in [3.05, 3.63) is 34.9 Å². The smallest absolute Gasteiger partial charge is 0.195 e. The van der Waals surface area contributed by atoms with Gasteiger partial charge in [-0.25, -0.2) is 0 Å². The van der Waals surface area contributed by atoms with E-state index in [2.05, 4.69) is 60.3 Å². The van der Waals surface area contributed by atoms with E-state index in [9.17, 15) is 0 Å². The molecule has 0 spiro atoms. The van der Waals surface area contributed by atoms with Gasteiger partial charge in [0.1, 0.15) is 0 Å². The van der Waals surface area contributed by atoms with Crippen LogP contribution in [0.1, 0.15) is 36.5 Å². The molecule has 98 valence electrons. The van der Waals surface area contributed by atoms with Crippen LogP contribution in [0.5, 0.6) is 0 Å². The molecular formula is C12H18Cl2O2S.